The van der Waals surface area contributed by atoms with E-state index in [0.717, 1.165) is 0 Å². The monoisotopic (exact) mass is 184 g/mol. The molecule has 0 aromatic rings. The summed E-state index contributed by atoms with van der Waals surface area (Å²) in [5.74, 6) is 1.29. The molecule has 0 aromatic heterocycles. The van der Waals surface area contributed by atoms with E-state index in [1.807, 2.05) is 6.92 Å². The van der Waals surface area contributed by atoms with Crippen molar-refractivity contribution in [2.24, 2.45) is 11.8 Å². The molecule has 1 saturated carbocycles. The molecular weight excluding hydrogens is 164 g/mol. The van der Waals surface area contributed by atoms with Gasteiger partial charge in [0.1, 0.15) is 6.10 Å². The smallest absolute Gasteiger partial charge is 0.162 e. The molecule has 0 aliphatic heterocycles. The third-order valence-corrected chi connectivity index (χ3v) is 2.32. The lowest BCUT2D eigenvalue weighted by Crippen LogP contribution is -2.27. The Hall–Kier alpha value is -0.370. The molecule has 13 heavy (non-hydrogen) atoms. The molecule has 76 valence electrons. The molecule has 1 aliphatic rings. The van der Waals surface area contributed by atoms with E-state index in [1.54, 1.807) is 0 Å². The molecular formula is C11H20O2. The van der Waals surface area contributed by atoms with Crippen molar-refractivity contribution in [2.45, 2.75) is 46.1 Å². The van der Waals surface area contributed by atoms with Gasteiger partial charge < -0.3 is 4.74 Å². The predicted molar refractivity (Wildman–Crippen MR) is 52.6 cm³/mol. The number of ketones is 1. The lowest BCUT2D eigenvalue weighted by atomic mass is 10.0. The average molecular weight is 184 g/mol. The number of rotatable bonds is 6. The van der Waals surface area contributed by atoms with Crippen LogP contribution >= 0.6 is 0 Å². The summed E-state index contributed by atoms with van der Waals surface area (Å²) in [4.78, 5) is 11.7. The van der Waals surface area contributed by atoms with Crippen LogP contribution in [0.4, 0.5) is 0 Å². The fourth-order valence-corrected chi connectivity index (χ4v) is 1.59. The summed E-state index contributed by atoms with van der Waals surface area (Å²) in [5.41, 5.74) is 0. The van der Waals surface area contributed by atoms with E-state index in [1.165, 1.54) is 12.8 Å². The van der Waals surface area contributed by atoms with Crippen LogP contribution in [0.2, 0.25) is 0 Å². The second-order valence-electron chi connectivity index (χ2n) is 4.28. The summed E-state index contributed by atoms with van der Waals surface area (Å²) in [6.07, 6.45) is 2.93. The Labute approximate surface area is 80.7 Å². The minimum absolute atomic E-state index is 0.0904. The van der Waals surface area contributed by atoms with Crippen LogP contribution in [0.3, 0.4) is 0 Å². The molecule has 0 bridgehead atoms. The van der Waals surface area contributed by atoms with Gasteiger partial charge in [-0.25, -0.2) is 0 Å². The minimum Gasteiger partial charge on any atom is -0.370 e. The highest BCUT2D eigenvalue weighted by atomic mass is 16.5. The van der Waals surface area contributed by atoms with Crippen molar-refractivity contribution in [3.63, 3.8) is 0 Å². The van der Waals surface area contributed by atoms with Crippen molar-refractivity contribution in [3.8, 4) is 0 Å². The lowest BCUT2D eigenvalue weighted by Gasteiger charge is -2.15. The van der Waals surface area contributed by atoms with Gasteiger partial charge in [-0.15, -0.1) is 0 Å². The number of carbonyl (C=O) groups excluding carboxylic acids is 1. The highest BCUT2D eigenvalue weighted by Crippen LogP contribution is 2.35. The average Bonchev–Trinajstić information content (AvgIpc) is 2.81. The van der Waals surface area contributed by atoms with E-state index >= 15 is 0 Å². The molecule has 0 radical (unpaired) electrons. The number of hydrogen-bond donors (Lipinski definition) is 0. The summed E-state index contributed by atoms with van der Waals surface area (Å²) < 4.78 is 5.48. The molecule has 1 aliphatic carbocycles. The SMILES string of the molecule is CCOC(C(=O)CC(C)C)C1CC1. The Morgan fingerprint density at radius 3 is 2.46 bits per heavy atom. The van der Waals surface area contributed by atoms with E-state index in [0.29, 0.717) is 30.6 Å². The van der Waals surface area contributed by atoms with Crippen molar-refractivity contribution < 1.29 is 9.53 Å². The first-order valence-corrected chi connectivity index (χ1v) is 5.29. The summed E-state index contributed by atoms with van der Waals surface area (Å²) in [6.45, 7) is 6.77. The van der Waals surface area contributed by atoms with E-state index in [2.05, 4.69) is 13.8 Å². The molecule has 0 aromatic carbocycles. The van der Waals surface area contributed by atoms with E-state index < -0.39 is 0 Å². The normalized spacial score (nSPS) is 19.1. The molecule has 0 amide bonds. The Morgan fingerprint density at radius 2 is 2.08 bits per heavy atom. The molecule has 1 rings (SSSR count). The molecule has 0 heterocycles. The lowest BCUT2D eigenvalue weighted by molar-refractivity contribution is -0.132. The maximum Gasteiger partial charge on any atom is 0.162 e. The second kappa shape index (κ2) is 4.75. The summed E-state index contributed by atoms with van der Waals surface area (Å²) in [5, 5.41) is 0. The molecule has 1 fully saturated rings. The van der Waals surface area contributed by atoms with Crippen LogP contribution < -0.4 is 0 Å². The van der Waals surface area contributed by atoms with Gasteiger partial charge in [0.05, 0.1) is 0 Å². The molecule has 1 atom stereocenters. The minimum atomic E-state index is -0.0904. The number of Topliss-reactive ketones (excluding diaryl/α,β-unsaturated/α-hetero) is 1. The van der Waals surface area contributed by atoms with Crippen molar-refractivity contribution >= 4 is 5.78 Å². The van der Waals surface area contributed by atoms with E-state index in [4.69, 9.17) is 4.74 Å². The highest BCUT2D eigenvalue weighted by Gasteiger charge is 2.36. The Morgan fingerprint density at radius 1 is 1.46 bits per heavy atom. The summed E-state index contributed by atoms with van der Waals surface area (Å²) in [7, 11) is 0. The molecule has 0 spiro atoms. The van der Waals surface area contributed by atoms with Crippen LogP contribution in [0.5, 0.6) is 0 Å². The zero-order valence-electron chi connectivity index (χ0n) is 8.88. The fraction of sp³-hybridized carbons (Fsp3) is 0.909. The van der Waals surface area contributed by atoms with Gasteiger partial charge in [0.15, 0.2) is 5.78 Å². The third kappa shape index (κ3) is 3.47. The maximum absolute atomic E-state index is 11.7. The summed E-state index contributed by atoms with van der Waals surface area (Å²) >= 11 is 0. The van der Waals surface area contributed by atoms with Gasteiger partial charge in [0.25, 0.3) is 0 Å². The topological polar surface area (TPSA) is 26.3 Å². The quantitative estimate of drug-likeness (QED) is 0.633. The molecule has 0 saturated heterocycles. The van der Waals surface area contributed by atoms with Crippen molar-refractivity contribution in [1.82, 2.24) is 0 Å². The number of carbonyl (C=O) groups is 1. The van der Waals surface area contributed by atoms with Crippen LogP contribution in [-0.4, -0.2) is 18.5 Å². The molecule has 0 N–H and O–H groups in total. The zero-order valence-corrected chi connectivity index (χ0v) is 8.88. The van der Waals surface area contributed by atoms with Gasteiger partial charge in [0, 0.05) is 13.0 Å². The maximum atomic E-state index is 11.7. The molecule has 2 nitrogen and oxygen atoms in total. The van der Waals surface area contributed by atoms with E-state index in [-0.39, 0.29) is 6.10 Å². The van der Waals surface area contributed by atoms with Gasteiger partial charge >= 0.3 is 0 Å². The first-order valence-electron chi connectivity index (χ1n) is 5.29. The largest absolute Gasteiger partial charge is 0.370 e. The number of ether oxygens (including phenoxy) is 1. The van der Waals surface area contributed by atoms with Gasteiger partial charge in [-0.3, -0.25) is 4.79 Å². The predicted octanol–water partition coefficient (Wildman–Crippen LogP) is 2.42. The van der Waals surface area contributed by atoms with Crippen LogP contribution in [0.25, 0.3) is 0 Å². The number of hydrogen-bond acceptors (Lipinski definition) is 2. The standard InChI is InChI=1S/C11H20O2/c1-4-13-11(9-5-6-9)10(12)7-8(2)3/h8-9,11H,4-7H2,1-3H3. The molecule has 2 heteroatoms. The Bertz CT molecular complexity index is 171. The van der Waals surface area contributed by atoms with Crippen molar-refractivity contribution in [3.05, 3.63) is 0 Å². The van der Waals surface area contributed by atoms with Crippen LogP contribution in [0.1, 0.15) is 40.0 Å². The first-order chi connectivity index (χ1) is 6.15. The van der Waals surface area contributed by atoms with Crippen LogP contribution in [0.15, 0.2) is 0 Å². The molecule has 1 unspecified atom stereocenters. The van der Waals surface area contributed by atoms with Crippen LogP contribution in [-0.2, 0) is 9.53 Å². The third-order valence-electron chi connectivity index (χ3n) is 2.32. The van der Waals surface area contributed by atoms with Gasteiger partial charge in [-0.1, -0.05) is 13.8 Å². The Kier molecular flexibility index (Phi) is 3.91. The highest BCUT2D eigenvalue weighted by molar-refractivity contribution is 5.83. The van der Waals surface area contributed by atoms with E-state index in [9.17, 15) is 4.79 Å². The van der Waals surface area contributed by atoms with Crippen molar-refractivity contribution in [1.29, 1.82) is 0 Å². The van der Waals surface area contributed by atoms with Gasteiger partial charge in [0.2, 0.25) is 0 Å². The second-order valence-corrected chi connectivity index (χ2v) is 4.28. The summed E-state index contributed by atoms with van der Waals surface area (Å²) in [6, 6.07) is 0. The zero-order chi connectivity index (χ0) is 9.84. The van der Waals surface area contributed by atoms with Gasteiger partial charge in [-0.2, -0.15) is 0 Å². The van der Waals surface area contributed by atoms with Crippen LogP contribution in [0, 0.1) is 11.8 Å². The first kappa shape index (κ1) is 10.7. The van der Waals surface area contributed by atoms with Crippen molar-refractivity contribution in [2.75, 3.05) is 6.61 Å². The Balaban J connectivity index is 2.38. The fourth-order valence-electron chi connectivity index (χ4n) is 1.59. The van der Waals surface area contributed by atoms with Gasteiger partial charge in [-0.05, 0) is 31.6 Å².